The number of benzene rings is 1. The zero-order valence-corrected chi connectivity index (χ0v) is 8.68. The number of aliphatic hydroxyl groups is 1. The van der Waals surface area contributed by atoms with E-state index in [4.69, 9.17) is 15.3 Å². The summed E-state index contributed by atoms with van der Waals surface area (Å²) in [7, 11) is 0. The van der Waals surface area contributed by atoms with Gasteiger partial charge in [-0.15, -0.1) is 0 Å². The molecule has 0 fully saturated rings. The fourth-order valence-corrected chi connectivity index (χ4v) is 0.813. The first-order valence-corrected chi connectivity index (χ1v) is 4.75. The lowest BCUT2D eigenvalue weighted by Gasteiger charge is -1.95. The predicted octanol–water partition coefficient (Wildman–Crippen LogP) is 1.87. The maximum atomic E-state index is 10.3. The maximum absolute atomic E-state index is 10.3. The van der Waals surface area contributed by atoms with Crippen LogP contribution >= 0.6 is 0 Å². The molecule has 0 heterocycles. The standard InChI is InChI=1S/C7H6O3.C4H10O/c8-6-4-2-1-3-5(6)7(9)10;1-2-3-4-5/h1-4,8H,(H,9,10);5H,2-4H2,1H3. The fraction of sp³-hybridized carbons (Fsp3) is 0.364. The normalized spacial score (nSPS) is 8.93. The summed E-state index contributed by atoms with van der Waals surface area (Å²) in [5, 5.41) is 25.4. The number of hydrogen-bond acceptors (Lipinski definition) is 3. The Morgan fingerprint density at radius 2 is 1.93 bits per heavy atom. The van der Waals surface area contributed by atoms with Gasteiger partial charge in [-0.1, -0.05) is 25.5 Å². The van der Waals surface area contributed by atoms with Crippen LogP contribution in [0.25, 0.3) is 0 Å². The number of aromatic carboxylic acids is 1. The molecular formula is C11H16O4. The lowest BCUT2D eigenvalue weighted by atomic mass is 10.2. The van der Waals surface area contributed by atoms with Gasteiger partial charge in [-0.3, -0.25) is 0 Å². The lowest BCUT2D eigenvalue weighted by molar-refractivity contribution is 0.0693. The molecule has 0 aliphatic heterocycles. The van der Waals surface area contributed by atoms with Crippen molar-refractivity contribution in [3.63, 3.8) is 0 Å². The minimum Gasteiger partial charge on any atom is -0.507 e. The summed E-state index contributed by atoms with van der Waals surface area (Å²) in [5.74, 6) is -1.31. The van der Waals surface area contributed by atoms with Crippen molar-refractivity contribution in [3.8, 4) is 5.75 Å². The number of rotatable bonds is 3. The van der Waals surface area contributed by atoms with Crippen LogP contribution in [0.3, 0.4) is 0 Å². The van der Waals surface area contributed by atoms with E-state index < -0.39 is 5.97 Å². The third kappa shape index (κ3) is 5.70. The van der Waals surface area contributed by atoms with Crippen molar-refractivity contribution in [1.82, 2.24) is 0 Å². The molecule has 3 N–H and O–H groups in total. The van der Waals surface area contributed by atoms with Gasteiger partial charge < -0.3 is 15.3 Å². The van der Waals surface area contributed by atoms with E-state index in [0.717, 1.165) is 12.8 Å². The van der Waals surface area contributed by atoms with Gasteiger partial charge in [0.05, 0.1) is 0 Å². The van der Waals surface area contributed by atoms with Gasteiger partial charge in [0.25, 0.3) is 0 Å². The van der Waals surface area contributed by atoms with E-state index in [9.17, 15) is 4.79 Å². The Kier molecular flexibility index (Phi) is 7.01. The lowest BCUT2D eigenvalue weighted by Crippen LogP contribution is -1.95. The number of carboxylic acids is 1. The number of aromatic hydroxyl groups is 1. The number of aliphatic hydroxyl groups excluding tert-OH is 1. The SMILES string of the molecule is CCCCO.O=C(O)c1ccccc1O. The monoisotopic (exact) mass is 212 g/mol. The number of carboxylic acid groups (broad SMARTS) is 1. The molecule has 4 heteroatoms. The molecule has 0 unspecified atom stereocenters. The second kappa shape index (κ2) is 7.82. The van der Waals surface area contributed by atoms with E-state index in [1.165, 1.54) is 12.1 Å². The summed E-state index contributed by atoms with van der Waals surface area (Å²) in [5.41, 5.74) is -0.0671. The first kappa shape index (κ1) is 13.4. The molecule has 4 nitrogen and oxygen atoms in total. The molecule has 0 atom stereocenters. The minimum atomic E-state index is -1.11. The molecule has 0 aromatic heterocycles. The third-order valence-electron chi connectivity index (χ3n) is 1.65. The van der Waals surface area contributed by atoms with Crippen molar-refractivity contribution in [1.29, 1.82) is 0 Å². The Balaban J connectivity index is 0.000000336. The molecule has 0 amide bonds. The zero-order valence-electron chi connectivity index (χ0n) is 8.68. The van der Waals surface area contributed by atoms with Crippen LogP contribution in [0.15, 0.2) is 24.3 Å². The van der Waals surface area contributed by atoms with Crippen molar-refractivity contribution < 1.29 is 20.1 Å². The molecule has 0 bridgehead atoms. The van der Waals surface area contributed by atoms with E-state index in [1.807, 2.05) is 0 Å². The Bertz CT molecular complexity index is 294. The molecule has 1 aromatic rings. The average molecular weight is 212 g/mol. The molecular weight excluding hydrogens is 196 g/mol. The molecule has 15 heavy (non-hydrogen) atoms. The summed E-state index contributed by atoms with van der Waals surface area (Å²) < 4.78 is 0. The van der Waals surface area contributed by atoms with E-state index in [-0.39, 0.29) is 11.3 Å². The number of hydrogen-bond donors (Lipinski definition) is 3. The van der Waals surface area contributed by atoms with Crippen LogP contribution in [0.2, 0.25) is 0 Å². The second-order valence-electron chi connectivity index (χ2n) is 2.90. The highest BCUT2D eigenvalue weighted by Crippen LogP contribution is 2.14. The van der Waals surface area contributed by atoms with Gasteiger partial charge >= 0.3 is 5.97 Å². The Hall–Kier alpha value is -1.55. The van der Waals surface area contributed by atoms with E-state index in [0.29, 0.717) is 6.61 Å². The highest BCUT2D eigenvalue weighted by Gasteiger charge is 2.05. The number of para-hydroxylation sites is 1. The number of phenols is 1. The summed E-state index contributed by atoms with van der Waals surface area (Å²) in [4.78, 5) is 10.3. The molecule has 84 valence electrons. The van der Waals surface area contributed by atoms with Crippen LogP contribution in [0, 0.1) is 0 Å². The van der Waals surface area contributed by atoms with E-state index in [2.05, 4.69) is 6.92 Å². The van der Waals surface area contributed by atoms with Crippen molar-refractivity contribution in [2.75, 3.05) is 6.61 Å². The predicted molar refractivity (Wildman–Crippen MR) is 57.1 cm³/mol. The van der Waals surface area contributed by atoms with Crippen molar-refractivity contribution in [2.24, 2.45) is 0 Å². The van der Waals surface area contributed by atoms with Crippen LogP contribution < -0.4 is 0 Å². The van der Waals surface area contributed by atoms with Gasteiger partial charge in [-0.2, -0.15) is 0 Å². The quantitative estimate of drug-likeness (QED) is 0.714. The molecule has 0 aliphatic rings. The van der Waals surface area contributed by atoms with Crippen LogP contribution in [0.1, 0.15) is 30.1 Å². The highest BCUT2D eigenvalue weighted by molar-refractivity contribution is 5.90. The first-order valence-electron chi connectivity index (χ1n) is 4.75. The summed E-state index contributed by atoms with van der Waals surface area (Å²) in [6, 6.07) is 5.81. The molecule has 0 saturated carbocycles. The molecule has 0 spiro atoms. The van der Waals surface area contributed by atoms with Gasteiger partial charge in [0, 0.05) is 6.61 Å². The van der Waals surface area contributed by atoms with Gasteiger partial charge in [-0.05, 0) is 18.6 Å². The second-order valence-corrected chi connectivity index (χ2v) is 2.90. The largest absolute Gasteiger partial charge is 0.507 e. The van der Waals surface area contributed by atoms with Crippen LogP contribution in [0.5, 0.6) is 5.75 Å². The summed E-state index contributed by atoms with van der Waals surface area (Å²) in [6.45, 7) is 2.40. The van der Waals surface area contributed by atoms with E-state index >= 15 is 0 Å². The molecule has 1 rings (SSSR count). The number of carbonyl (C=O) groups is 1. The van der Waals surface area contributed by atoms with Gasteiger partial charge in [0.1, 0.15) is 11.3 Å². The van der Waals surface area contributed by atoms with Crippen LogP contribution in [-0.2, 0) is 0 Å². The van der Waals surface area contributed by atoms with Gasteiger partial charge in [0.15, 0.2) is 0 Å². The Labute approximate surface area is 88.8 Å². The van der Waals surface area contributed by atoms with Crippen molar-refractivity contribution in [2.45, 2.75) is 19.8 Å². The average Bonchev–Trinajstić information content (AvgIpc) is 2.20. The summed E-state index contributed by atoms with van der Waals surface area (Å²) >= 11 is 0. The van der Waals surface area contributed by atoms with Crippen LogP contribution in [-0.4, -0.2) is 27.9 Å². The Morgan fingerprint density at radius 1 is 1.33 bits per heavy atom. The Morgan fingerprint density at radius 3 is 2.20 bits per heavy atom. The molecule has 0 radical (unpaired) electrons. The van der Waals surface area contributed by atoms with Crippen molar-refractivity contribution in [3.05, 3.63) is 29.8 Å². The number of unbranched alkanes of at least 4 members (excludes halogenated alkanes) is 1. The van der Waals surface area contributed by atoms with Gasteiger partial charge in [0.2, 0.25) is 0 Å². The molecule has 0 aliphatic carbocycles. The molecule has 1 aromatic carbocycles. The first-order chi connectivity index (χ1) is 7.13. The molecule has 0 saturated heterocycles. The van der Waals surface area contributed by atoms with Crippen molar-refractivity contribution >= 4 is 5.97 Å². The minimum absolute atomic E-state index is 0.0671. The highest BCUT2D eigenvalue weighted by atomic mass is 16.4. The van der Waals surface area contributed by atoms with E-state index in [1.54, 1.807) is 12.1 Å². The van der Waals surface area contributed by atoms with Crippen LogP contribution in [0.4, 0.5) is 0 Å². The zero-order chi connectivity index (χ0) is 11.7. The maximum Gasteiger partial charge on any atom is 0.339 e. The summed E-state index contributed by atoms with van der Waals surface area (Å²) in [6.07, 6.45) is 2.04. The third-order valence-corrected chi connectivity index (χ3v) is 1.65. The smallest absolute Gasteiger partial charge is 0.339 e. The van der Waals surface area contributed by atoms with Gasteiger partial charge in [-0.25, -0.2) is 4.79 Å². The topological polar surface area (TPSA) is 77.8 Å². The fourth-order valence-electron chi connectivity index (χ4n) is 0.813.